The molecule has 144 valence electrons. The molecule has 0 heterocycles. The normalized spacial score (nSPS) is 11.0. The lowest BCUT2D eigenvalue weighted by atomic mass is 10.0. The van der Waals surface area contributed by atoms with E-state index in [4.69, 9.17) is 19.3 Å². The molecule has 0 amide bonds. The van der Waals surface area contributed by atoms with Crippen molar-refractivity contribution in [2.24, 2.45) is 0 Å². The molecule has 2 aromatic rings. The van der Waals surface area contributed by atoms with Gasteiger partial charge in [0.25, 0.3) is 0 Å². The summed E-state index contributed by atoms with van der Waals surface area (Å²) in [6, 6.07) is 11.4. The Morgan fingerprint density at radius 2 is 1.78 bits per heavy atom. The first-order chi connectivity index (χ1) is 12.9. The van der Waals surface area contributed by atoms with Gasteiger partial charge in [-0.3, -0.25) is 0 Å². The third-order valence-corrected chi connectivity index (χ3v) is 4.02. The lowest BCUT2D eigenvalue weighted by molar-refractivity contribution is -0.131. The summed E-state index contributed by atoms with van der Waals surface area (Å²) in [5, 5.41) is 8.83. The number of ether oxygens (including phenoxy) is 3. The van der Waals surface area contributed by atoms with E-state index in [0.717, 1.165) is 23.0 Å². The number of hydrogen-bond donors (Lipinski definition) is 1. The van der Waals surface area contributed by atoms with Crippen LogP contribution in [0.15, 0.2) is 42.5 Å². The second-order valence-corrected chi connectivity index (χ2v) is 6.47. The van der Waals surface area contributed by atoms with Crippen LogP contribution in [-0.4, -0.2) is 31.4 Å². The Morgan fingerprint density at radius 1 is 1.07 bits per heavy atom. The van der Waals surface area contributed by atoms with Crippen LogP contribution in [0.3, 0.4) is 0 Å². The highest BCUT2D eigenvalue weighted by molar-refractivity contribution is 5.86. The molecule has 0 aliphatic heterocycles. The van der Waals surface area contributed by atoms with Gasteiger partial charge in [0.05, 0.1) is 7.11 Å². The van der Waals surface area contributed by atoms with Crippen LogP contribution in [0.1, 0.15) is 36.5 Å². The molecular formula is C22H26O5. The number of hydrogen-bond acceptors (Lipinski definition) is 4. The van der Waals surface area contributed by atoms with Crippen molar-refractivity contribution in [3.8, 4) is 17.2 Å². The quantitative estimate of drug-likeness (QED) is 0.513. The standard InChI is InChI=1S/C22H26O5/c1-15(2)19-9-5-16(3)13-21(19)27-12-11-26-20-14-18(25-4)8-6-17(20)7-10-22(23)24/h5-10,13-15H,11-12H2,1-4H3,(H,23,24). The van der Waals surface area contributed by atoms with E-state index < -0.39 is 5.97 Å². The van der Waals surface area contributed by atoms with Crippen LogP contribution in [0.5, 0.6) is 17.2 Å². The molecule has 0 aromatic heterocycles. The van der Waals surface area contributed by atoms with E-state index in [-0.39, 0.29) is 0 Å². The molecular weight excluding hydrogens is 344 g/mol. The Kier molecular flexibility index (Phi) is 7.29. The van der Waals surface area contributed by atoms with E-state index in [1.165, 1.54) is 6.08 Å². The third kappa shape index (κ3) is 6.06. The zero-order valence-corrected chi connectivity index (χ0v) is 16.2. The second-order valence-electron chi connectivity index (χ2n) is 6.47. The monoisotopic (exact) mass is 370 g/mol. The zero-order valence-electron chi connectivity index (χ0n) is 16.2. The van der Waals surface area contributed by atoms with Crippen molar-refractivity contribution in [3.05, 3.63) is 59.2 Å². The van der Waals surface area contributed by atoms with Gasteiger partial charge in [-0.15, -0.1) is 0 Å². The van der Waals surface area contributed by atoms with Crippen molar-refractivity contribution < 1.29 is 24.1 Å². The predicted octanol–water partition coefficient (Wildman–Crippen LogP) is 4.68. The molecule has 2 aromatic carbocycles. The molecule has 5 heteroatoms. The molecule has 1 N–H and O–H groups in total. The topological polar surface area (TPSA) is 65.0 Å². The minimum absolute atomic E-state index is 0.326. The first-order valence-electron chi connectivity index (χ1n) is 8.86. The Bertz CT molecular complexity index is 808. The molecule has 0 aliphatic rings. The van der Waals surface area contributed by atoms with Crippen molar-refractivity contribution in [2.75, 3.05) is 20.3 Å². The Labute approximate surface area is 160 Å². The van der Waals surface area contributed by atoms with Crippen LogP contribution in [0.25, 0.3) is 6.08 Å². The van der Waals surface area contributed by atoms with Crippen molar-refractivity contribution in [1.29, 1.82) is 0 Å². The molecule has 0 unspecified atom stereocenters. The van der Waals surface area contributed by atoms with Gasteiger partial charge in [-0.1, -0.05) is 26.0 Å². The van der Waals surface area contributed by atoms with Gasteiger partial charge in [-0.2, -0.15) is 0 Å². The maximum absolute atomic E-state index is 10.8. The molecule has 27 heavy (non-hydrogen) atoms. The van der Waals surface area contributed by atoms with Gasteiger partial charge in [0.1, 0.15) is 30.5 Å². The molecule has 0 radical (unpaired) electrons. The van der Waals surface area contributed by atoms with Crippen molar-refractivity contribution in [1.82, 2.24) is 0 Å². The van der Waals surface area contributed by atoms with Gasteiger partial charge in [-0.25, -0.2) is 4.79 Å². The van der Waals surface area contributed by atoms with Gasteiger partial charge in [0.15, 0.2) is 0 Å². The molecule has 0 fully saturated rings. The van der Waals surface area contributed by atoms with Gasteiger partial charge in [0, 0.05) is 17.7 Å². The highest BCUT2D eigenvalue weighted by Crippen LogP contribution is 2.28. The Balaban J connectivity index is 2.05. The number of aryl methyl sites for hydroxylation is 1. The van der Waals surface area contributed by atoms with Crippen molar-refractivity contribution in [3.63, 3.8) is 0 Å². The molecule has 0 spiro atoms. The Morgan fingerprint density at radius 3 is 2.41 bits per heavy atom. The fraction of sp³-hybridized carbons (Fsp3) is 0.318. The van der Waals surface area contributed by atoms with Crippen LogP contribution < -0.4 is 14.2 Å². The number of rotatable bonds is 9. The summed E-state index contributed by atoms with van der Waals surface area (Å²) >= 11 is 0. The van der Waals surface area contributed by atoms with Gasteiger partial charge < -0.3 is 19.3 Å². The highest BCUT2D eigenvalue weighted by Gasteiger charge is 2.09. The average Bonchev–Trinajstić information content (AvgIpc) is 2.63. The fourth-order valence-corrected chi connectivity index (χ4v) is 2.61. The molecule has 0 saturated heterocycles. The number of carboxylic acid groups (broad SMARTS) is 1. The van der Waals surface area contributed by atoms with Gasteiger partial charge in [-0.05, 0) is 48.2 Å². The molecule has 0 aliphatic carbocycles. The summed E-state index contributed by atoms with van der Waals surface area (Å²) in [4.78, 5) is 10.8. The summed E-state index contributed by atoms with van der Waals surface area (Å²) < 4.78 is 17.0. The minimum Gasteiger partial charge on any atom is -0.497 e. The van der Waals surface area contributed by atoms with E-state index in [9.17, 15) is 4.79 Å². The van der Waals surface area contributed by atoms with Crippen molar-refractivity contribution >= 4 is 12.0 Å². The Hall–Kier alpha value is -2.95. The van der Waals surface area contributed by atoms with E-state index in [2.05, 4.69) is 26.0 Å². The fourth-order valence-electron chi connectivity index (χ4n) is 2.61. The van der Waals surface area contributed by atoms with Crippen LogP contribution in [0.4, 0.5) is 0 Å². The van der Waals surface area contributed by atoms with E-state index in [1.54, 1.807) is 25.3 Å². The maximum atomic E-state index is 10.8. The first-order valence-corrected chi connectivity index (χ1v) is 8.86. The lowest BCUT2D eigenvalue weighted by Crippen LogP contribution is -2.11. The largest absolute Gasteiger partial charge is 0.497 e. The highest BCUT2D eigenvalue weighted by atomic mass is 16.5. The minimum atomic E-state index is -1.01. The van der Waals surface area contributed by atoms with Crippen molar-refractivity contribution in [2.45, 2.75) is 26.7 Å². The average molecular weight is 370 g/mol. The van der Waals surface area contributed by atoms with Crippen LogP contribution in [0, 0.1) is 6.92 Å². The summed E-state index contributed by atoms with van der Waals surface area (Å²) in [5.41, 5.74) is 2.97. The number of aliphatic carboxylic acids is 1. The summed E-state index contributed by atoms with van der Waals surface area (Å²) in [5.74, 6) is 1.40. The first kappa shape index (κ1) is 20.4. The molecule has 2 rings (SSSR count). The number of benzene rings is 2. The van der Waals surface area contributed by atoms with Gasteiger partial charge >= 0.3 is 5.97 Å². The lowest BCUT2D eigenvalue weighted by Gasteiger charge is -2.16. The summed E-state index contributed by atoms with van der Waals surface area (Å²) in [7, 11) is 1.57. The zero-order chi connectivity index (χ0) is 19.8. The molecule has 5 nitrogen and oxygen atoms in total. The van der Waals surface area contributed by atoms with E-state index in [0.29, 0.717) is 36.2 Å². The summed E-state index contributed by atoms with van der Waals surface area (Å²) in [6.45, 7) is 7.00. The van der Waals surface area contributed by atoms with E-state index in [1.807, 2.05) is 13.0 Å². The van der Waals surface area contributed by atoms with Crippen LogP contribution in [0.2, 0.25) is 0 Å². The number of methoxy groups -OCH3 is 1. The molecule has 0 saturated carbocycles. The van der Waals surface area contributed by atoms with Crippen LogP contribution >= 0.6 is 0 Å². The number of carboxylic acids is 1. The second kappa shape index (κ2) is 9.67. The van der Waals surface area contributed by atoms with Gasteiger partial charge in [0.2, 0.25) is 0 Å². The maximum Gasteiger partial charge on any atom is 0.328 e. The SMILES string of the molecule is COc1ccc(C=CC(=O)O)c(OCCOc2cc(C)ccc2C(C)C)c1. The summed E-state index contributed by atoms with van der Waals surface area (Å²) in [6.07, 6.45) is 2.57. The molecule has 0 atom stereocenters. The number of carbonyl (C=O) groups is 1. The molecule has 0 bridgehead atoms. The smallest absolute Gasteiger partial charge is 0.328 e. The van der Waals surface area contributed by atoms with Crippen LogP contribution in [-0.2, 0) is 4.79 Å². The predicted molar refractivity (Wildman–Crippen MR) is 106 cm³/mol. The third-order valence-electron chi connectivity index (χ3n) is 4.02. The van der Waals surface area contributed by atoms with E-state index >= 15 is 0 Å².